The molecule has 0 saturated heterocycles. The third-order valence-electron chi connectivity index (χ3n) is 1.22. The van der Waals surface area contributed by atoms with E-state index in [4.69, 9.17) is 0 Å². The maximum atomic E-state index is 4.00. The highest BCUT2D eigenvalue weighted by Crippen LogP contribution is 1.93. The lowest BCUT2D eigenvalue weighted by Gasteiger charge is -2.01. The molecule has 1 N–H and O–H groups in total. The van der Waals surface area contributed by atoms with E-state index in [0.29, 0.717) is 6.04 Å². The van der Waals surface area contributed by atoms with Crippen molar-refractivity contribution in [2.75, 3.05) is 6.54 Å². The first-order valence-corrected chi connectivity index (χ1v) is 2.68. The van der Waals surface area contributed by atoms with Crippen LogP contribution in [0.15, 0.2) is 4.99 Å². The lowest BCUT2D eigenvalue weighted by molar-refractivity contribution is 0.639. The summed E-state index contributed by atoms with van der Waals surface area (Å²) in [5.41, 5.74) is 0. The summed E-state index contributed by atoms with van der Waals surface area (Å²) >= 11 is 0. The first-order chi connectivity index (χ1) is 3.43. The van der Waals surface area contributed by atoms with Gasteiger partial charge in [0.15, 0.2) is 0 Å². The van der Waals surface area contributed by atoms with Gasteiger partial charge in [-0.2, -0.15) is 0 Å². The SMILES string of the molecule is CCC1CN=CN1. The normalized spacial score (nSPS) is 27.9. The molecule has 0 aromatic heterocycles. The summed E-state index contributed by atoms with van der Waals surface area (Å²) in [6, 6.07) is 0.625. The van der Waals surface area contributed by atoms with E-state index in [-0.39, 0.29) is 0 Å². The number of hydrogen-bond acceptors (Lipinski definition) is 2. The van der Waals surface area contributed by atoms with Crippen LogP contribution in [0.4, 0.5) is 0 Å². The van der Waals surface area contributed by atoms with Crippen LogP contribution in [0.5, 0.6) is 0 Å². The fraction of sp³-hybridized carbons (Fsp3) is 0.800. The Bertz CT molecular complexity index is 70.1. The molecule has 0 fully saturated rings. The van der Waals surface area contributed by atoms with Crippen molar-refractivity contribution >= 4 is 6.34 Å². The molecule has 0 bridgehead atoms. The molecule has 7 heavy (non-hydrogen) atoms. The van der Waals surface area contributed by atoms with Crippen molar-refractivity contribution in [1.29, 1.82) is 0 Å². The molecule has 1 rings (SSSR count). The van der Waals surface area contributed by atoms with Crippen molar-refractivity contribution in [1.82, 2.24) is 5.32 Å². The lowest BCUT2D eigenvalue weighted by Crippen LogP contribution is -2.22. The van der Waals surface area contributed by atoms with E-state index in [9.17, 15) is 0 Å². The molecule has 2 heteroatoms. The summed E-state index contributed by atoms with van der Waals surface area (Å²) < 4.78 is 0. The molecule has 0 amide bonds. The molecule has 2 nitrogen and oxygen atoms in total. The van der Waals surface area contributed by atoms with E-state index >= 15 is 0 Å². The van der Waals surface area contributed by atoms with Gasteiger partial charge in [-0.05, 0) is 6.42 Å². The monoisotopic (exact) mass is 98.1 g/mol. The third kappa shape index (κ3) is 0.918. The maximum Gasteiger partial charge on any atom is 0.0827 e. The first kappa shape index (κ1) is 4.62. The fourth-order valence-electron chi connectivity index (χ4n) is 0.638. The van der Waals surface area contributed by atoms with E-state index in [1.54, 1.807) is 6.34 Å². The number of nitrogens with zero attached hydrogens (tertiary/aromatic N) is 1. The molecule has 0 aliphatic carbocycles. The summed E-state index contributed by atoms with van der Waals surface area (Å²) in [7, 11) is 0. The zero-order chi connectivity index (χ0) is 5.11. The quantitative estimate of drug-likeness (QED) is 0.504. The van der Waals surface area contributed by atoms with Gasteiger partial charge in [-0.15, -0.1) is 0 Å². The van der Waals surface area contributed by atoms with Crippen LogP contribution in [0, 0.1) is 0 Å². The summed E-state index contributed by atoms with van der Waals surface area (Å²) in [6.45, 7) is 3.13. The highest BCUT2D eigenvalue weighted by Gasteiger charge is 2.04. The summed E-state index contributed by atoms with van der Waals surface area (Å²) in [5, 5.41) is 3.11. The Balaban J connectivity index is 2.22. The van der Waals surface area contributed by atoms with E-state index < -0.39 is 0 Å². The second-order valence-corrected chi connectivity index (χ2v) is 1.77. The minimum Gasteiger partial charge on any atom is -0.372 e. The average Bonchev–Trinajstić information content (AvgIpc) is 2.14. The number of nitrogens with one attached hydrogen (secondary N) is 1. The maximum absolute atomic E-state index is 4.00. The fourth-order valence-corrected chi connectivity index (χ4v) is 0.638. The predicted molar refractivity (Wildman–Crippen MR) is 30.6 cm³/mol. The molecule has 0 aromatic rings. The topological polar surface area (TPSA) is 24.4 Å². The van der Waals surface area contributed by atoms with Gasteiger partial charge >= 0.3 is 0 Å². The van der Waals surface area contributed by atoms with Gasteiger partial charge in [0.25, 0.3) is 0 Å². The molecular formula is C5H10N2. The minimum absolute atomic E-state index is 0.625. The highest BCUT2D eigenvalue weighted by atomic mass is 15.0. The van der Waals surface area contributed by atoms with E-state index in [1.807, 2.05) is 0 Å². The van der Waals surface area contributed by atoms with Crippen LogP contribution in [0.25, 0.3) is 0 Å². The van der Waals surface area contributed by atoms with Crippen LogP contribution < -0.4 is 5.32 Å². The number of hydrogen-bond donors (Lipinski definition) is 1. The van der Waals surface area contributed by atoms with Crippen LogP contribution in [-0.2, 0) is 0 Å². The average molecular weight is 98.1 g/mol. The van der Waals surface area contributed by atoms with Gasteiger partial charge < -0.3 is 5.32 Å². The zero-order valence-electron chi connectivity index (χ0n) is 4.52. The Labute approximate surface area is 43.6 Å². The molecule has 40 valence electrons. The smallest absolute Gasteiger partial charge is 0.0827 e. The van der Waals surface area contributed by atoms with Gasteiger partial charge in [-0.25, -0.2) is 0 Å². The Morgan fingerprint density at radius 1 is 2.00 bits per heavy atom. The van der Waals surface area contributed by atoms with Crippen LogP contribution >= 0.6 is 0 Å². The van der Waals surface area contributed by atoms with Crippen LogP contribution in [-0.4, -0.2) is 18.9 Å². The molecule has 1 aliphatic rings. The number of rotatable bonds is 1. The summed E-state index contributed by atoms with van der Waals surface area (Å²) in [5.74, 6) is 0. The van der Waals surface area contributed by atoms with E-state index in [0.717, 1.165) is 6.54 Å². The second-order valence-electron chi connectivity index (χ2n) is 1.77. The van der Waals surface area contributed by atoms with Crippen molar-refractivity contribution < 1.29 is 0 Å². The zero-order valence-corrected chi connectivity index (χ0v) is 4.52. The van der Waals surface area contributed by atoms with Gasteiger partial charge in [0.1, 0.15) is 0 Å². The Morgan fingerprint density at radius 2 is 2.86 bits per heavy atom. The lowest BCUT2D eigenvalue weighted by atomic mass is 10.2. The van der Waals surface area contributed by atoms with Crippen molar-refractivity contribution in [2.24, 2.45) is 4.99 Å². The molecule has 0 radical (unpaired) electrons. The molecule has 0 saturated carbocycles. The Morgan fingerprint density at radius 3 is 3.14 bits per heavy atom. The van der Waals surface area contributed by atoms with Gasteiger partial charge in [0.05, 0.1) is 12.9 Å². The molecule has 1 atom stereocenters. The van der Waals surface area contributed by atoms with E-state index in [2.05, 4.69) is 17.2 Å². The third-order valence-corrected chi connectivity index (χ3v) is 1.22. The minimum atomic E-state index is 0.625. The second kappa shape index (κ2) is 1.96. The molecule has 0 aromatic carbocycles. The highest BCUT2D eigenvalue weighted by molar-refractivity contribution is 5.57. The Hall–Kier alpha value is -0.530. The van der Waals surface area contributed by atoms with Gasteiger partial charge in [-0.3, -0.25) is 4.99 Å². The summed E-state index contributed by atoms with van der Waals surface area (Å²) in [4.78, 5) is 4.00. The van der Waals surface area contributed by atoms with Crippen LogP contribution in [0.1, 0.15) is 13.3 Å². The van der Waals surface area contributed by atoms with Crippen LogP contribution in [0.2, 0.25) is 0 Å². The molecule has 1 aliphatic heterocycles. The standard InChI is InChI=1S/C5H10N2/c1-2-5-3-6-4-7-5/h4-5H,2-3H2,1H3,(H,6,7). The van der Waals surface area contributed by atoms with Crippen molar-refractivity contribution in [3.63, 3.8) is 0 Å². The summed E-state index contributed by atoms with van der Waals surface area (Å²) in [6.07, 6.45) is 2.97. The van der Waals surface area contributed by atoms with Crippen molar-refractivity contribution in [2.45, 2.75) is 19.4 Å². The van der Waals surface area contributed by atoms with Gasteiger partial charge in [0.2, 0.25) is 0 Å². The van der Waals surface area contributed by atoms with Crippen LogP contribution in [0.3, 0.4) is 0 Å². The van der Waals surface area contributed by atoms with E-state index in [1.165, 1.54) is 6.42 Å². The molecule has 1 unspecified atom stereocenters. The molecular weight excluding hydrogens is 88.1 g/mol. The number of aliphatic imine (C=N–C) groups is 1. The Kier molecular flexibility index (Phi) is 1.29. The molecule has 1 heterocycles. The van der Waals surface area contributed by atoms with Gasteiger partial charge in [-0.1, -0.05) is 6.92 Å². The predicted octanol–water partition coefficient (Wildman–Crippen LogP) is 0.397. The van der Waals surface area contributed by atoms with Crippen molar-refractivity contribution in [3.05, 3.63) is 0 Å². The van der Waals surface area contributed by atoms with Gasteiger partial charge in [0, 0.05) is 6.04 Å². The van der Waals surface area contributed by atoms with Crippen molar-refractivity contribution in [3.8, 4) is 0 Å². The largest absolute Gasteiger partial charge is 0.372 e. The first-order valence-electron chi connectivity index (χ1n) is 2.68. The molecule has 0 spiro atoms.